The third-order valence-corrected chi connectivity index (χ3v) is 7.65. The number of thioether (sulfide) groups is 1. The molecule has 0 bridgehead atoms. The standard InChI is InChI=1S/C32H26N4O2S/c37-30-26-18-7-14-24-15-8-19-27(29(24)26)31(38)35(30)21-9-20-28-33-34-32(36(28)25-16-5-2-6-17-25)39-22-10-13-23-11-3-1-4-12-23/h1-8,10-19H,9,20-22H2. The zero-order chi connectivity index (χ0) is 26.6. The number of amides is 2. The van der Waals surface area contributed by atoms with Crippen LogP contribution in [-0.2, 0) is 6.42 Å². The normalized spacial score (nSPS) is 13.1. The average molecular weight is 531 g/mol. The summed E-state index contributed by atoms with van der Waals surface area (Å²) in [4.78, 5) is 27.9. The van der Waals surface area contributed by atoms with E-state index in [1.165, 1.54) is 4.90 Å². The van der Waals surface area contributed by atoms with Crippen LogP contribution in [0, 0.1) is 0 Å². The summed E-state index contributed by atoms with van der Waals surface area (Å²) in [5.41, 5.74) is 3.30. The highest BCUT2D eigenvalue weighted by Gasteiger charge is 2.32. The molecular formula is C32H26N4O2S. The Bertz CT molecular complexity index is 1630. The summed E-state index contributed by atoms with van der Waals surface area (Å²) in [6.45, 7) is 0.312. The van der Waals surface area contributed by atoms with Gasteiger partial charge < -0.3 is 0 Å². The molecule has 1 aliphatic heterocycles. The first-order chi connectivity index (χ1) is 19.2. The number of aromatic nitrogens is 3. The van der Waals surface area contributed by atoms with Crippen LogP contribution in [-0.4, -0.2) is 43.8 Å². The Hall–Kier alpha value is -4.49. The number of para-hydroxylation sites is 1. The van der Waals surface area contributed by atoms with Gasteiger partial charge in [-0.15, -0.1) is 10.2 Å². The van der Waals surface area contributed by atoms with Gasteiger partial charge in [0, 0.05) is 40.9 Å². The molecule has 2 amide bonds. The summed E-state index contributed by atoms with van der Waals surface area (Å²) in [6, 6.07) is 31.4. The molecule has 0 saturated carbocycles. The van der Waals surface area contributed by atoms with Crippen LogP contribution in [0.4, 0.5) is 0 Å². The topological polar surface area (TPSA) is 68.1 Å². The van der Waals surface area contributed by atoms with Crippen molar-refractivity contribution in [3.8, 4) is 5.69 Å². The fraction of sp³-hybridized carbons (Fsp3) is 0.125. The number of benzene rings is 4. The number of aryl methyl sites for hydroxylation is 1. The van der Waals surface area contributed by atoms with E-state index in [-0.39, 0.29) is 11.8 Å². The van der Waals surface area contributed by atoms with E-state index >= 15 is 0 Å². The van der Waals surface area contributed by atoms with Crippen molar-refractivity contribution in [3.63, 3.8) is 0 Å². The molecule has 1 aromatic heterocycles. The van der Waals surface area contributed by atoms with E-state index < -0.39 is 0 Å². The van der Waals surface area contributed by atoms with Gasteiger partial charge >= 0.3 is 0 Å². The van der Waals surface area contributed by atoms with E-state index in [4.69, 9.17) is 0 Å². The fourth-order valence-electron chi connectivity index (χ4n) is 4.94. The highest BCUT2D eigenvalue weighted by Crippen LogP contribution is 2.30. The Labute approximate surface area is 231 Å². The van der Waals surface area contributed by atoms with Gasteiger partial charge in [-0.1, -0.05) is 96.7 Å². The Balaban J connectivity index is 1.18. The molecule has 0 fully saturated rings. The molecule has 6 rings (SSSR count). The first-order valence-corrected chi connectivity index (χ1v) is 13.9. The smallest absolute Gasteiger partial charge is 0.261 e. The first kappa shape index (κ1) is 24.8. The number of hydrogen-bond donors (Lipinski definition) is 0. The predicted molar refractivity (Wildman–Crippen MR) is 155 cm³/mol. The zero-order valence-corrected chi connectivity index (χ0v) is 22.1. The van der Waals surface area contributed by atoms with Crippen molar-refractivity contribution in [2.24, 2.45) is 0 Å². The third kappa shape index (κ3) is 5.01. The van der Waals surface area contributed by atoms with Crippen molar-refractivity contribution < 1.29 is 9.59 Å². The van der Waals surface area contributed by atoms with Crippen molar-refractivity contribution in [1.29, 1.82) is 0 Å². The number of hydrogen-bond acceptors (Lipinski definition) is 5. The molecule has 2 heterocycles. The molecule has 0 atom stereocenters. The predicted octanol–water partition coefficient (Wildman–Crippen LogP) is 6.45. The molecule has 6 nitrogen and oxygen atoms in total. The number of carbonyl (C=O) groups is 2. The van der Waals surface area contributed by atoms with Gasteiger partial charge in [-0.3, -0.25) is 19.1 Å². The van der Waals surface area contributed by atoms with Crippen LogP contribution in [0.3, 0.4) is 0 Å². The van der Waals surface area contributed by atoms with E-state index in [9.17, 15) is 9.59 Å². The molecule has 7 heteroatoms. The highest BCUT2D eigenvalue weighted by atomic mass is 32.2. The van der Waals surface area contributed by atoms with E-state index in [1.54, 1.807) is 23.9 Å². The lowest BCUT2D eigenvalue weighted by Gasteiger charge is -2.27. The van der Waals surface area contributed by atoms with Gasteiger partial charge in [-0.05, 0) is 41.6 Å². The SMILES string of the molecule is O=C1c2cccc3cccc(c23)C(=O)N1CCCc1nnc(SCC=Cc2ccccc2)n1-c1ccccc1. The minimum atomic E-state index is -0.240. The minimum absolute atomic E-state index is 0.240. The summed E-state index contributed by atoms with van der Waals surface area (Å²) in [5, 5.41) is 11.4. The number of carbonyl (C=O) groups excluding carboxylic acids is 2. The van der Waals surface area contributed by atoms with Gasteiger partial charge in [-0.25, -0.2) is 0 Å². The average Bonchev–Trinajstić information content (AvgIpc) is 3.39. The first-order valence-electron chi connectivity index (χ1n) is 12.9. The van der Waals surface area contributed by atoms with Crippen molar-refractivity contribution in [2.45, 2.75) is 18.0 Å². The van der Waals surface area contributed by atoms with Crippen molar-refractivity contribution >= 4 is 40.4 Å². The van der Waals surface area contributed by atoms with Gasteiger partial charge in [0.15, 0.2) is 5.16 Å². The molecule has 0 aliphatic carbocycles. The minimum Gasteiger partial charge on any atom is -0.274 e. The van der Waals surface area contributed by atoms with Crippen molar-refractivity contribution in [2.75, 3.05) is 12.3 Å². The largest absolute Gasteiger partial charge is 0.274 e. The fourth-order valence-corrected chi connectivity index (χ4v) is 5.72. The Morgan fingerprint density at radius 2 is 1.41 bits per heavy atom. The molecule has 4 aromatic carbocycles. The third-order valence-electron chi connectivity index (χ3n) is 6.77. The quantitative estimate of drug-likeness (QED) is 0.162. The Morgan fingerprint density at radius 1 is 0.744 bits per heavy atom. The molecule has 0 N–H and O–H groups in total. The molecule has 5 aromatic rings. The van der Waals surface area contributed by atoms with Crippen LogP contribution in [0.5, 0.6) is 0 Å². The Morgan fingerprint density at radius 3 is 2.10 bits per heavy atom. The maximum Gasteiger partial charge on any atom is 0.261 e. The molecule has 39 heavy (non-hydrogen) atoms. The number of imide groups is 1. The van der Waals surface area contributed by atoms with Crippen LogP contribution in [0.1, 0.15) is 38.5 Å². The summed E-state index contributed by atoms with van der Waals surface area (Å²) in [5.74, 6) is 1.07. The van der Waals surface area contributed by atoms with Crippen molar-refractivity contribution in [1.82, 2.24) is 19.7 Å². The number of nitrogens with zero attached hydrogens (tertiary/aromatic N) is 4. The molecule has 0 unspecified atom stereocenters. The van der Waals surface area contributed by atoms with Gasteiger partial charge in [-0.2, -0.15) is 0 Å². The zero-order valence-electron chi connectivity index (χ0n) is 21.2. The van der Waals surface area contributed by atoms with Gasteiger partial charge in [0.05, 0.1) is 0 Å². The van der Waals surface area contributed by atoms with Gasteiger partial charge in [0.25, 0.3) is 11.8 Å². The second kappa shape index (κ2) is 11.1. The lowest BCUT2D eigenvalue weighted by molar-refractivity contribution is 0.0608. The van der Waals surface area contributed by atoms with E-state index in [1.807, 2.05) is 72.8 Å². The molecule has 0 saturated heterocycles. The van der Waals surface area contributed by atoms with Crippen LogP contribution in [0.15, 0.2) is 108 Å². The summed E-state index contributed by atoms with van der Waals surface area (Å²) in [7, 11) is 0. The summed E-state index contributed by atoms with van der Waals surface area (Å²) < 4.78 is 2.07. The van der Waals surface area contributed by atoms with Gasteiger partial charge in [0.2, 0.25) is 0 Å². The van der Waals surface area contributed by atoms with Gasteiger partial charge in [0.1, 0.15) is 5.82 Å². The van der Waals surface area contributed by atoms with Crippen LogP contribution >= 0.6 is 11.8 Å². The summed E-state index contributed by atoms with van der Waals surface area (Å²) in [6.07, 6.45) is 5.38. The van der Waals surface area contributed by atoms with E-state index in [0.717, 1.165) is 38.8 Å². The highest BCUT2D eigenvalue weighted by molar-refractivity contribution is 7.99. The Kier molecular flexibility index (Phi) is 7.06. The monoisotopic (exact) mass is 530 g/mol. The summed E-state index contributed by atoms with van der Waals surface area (Å²) >= 11 is 1.62. The van der Waals surface area contributed by atoms with Crippen LogP contribution in [0.25, 0.3) is 22.5 Å². The lowest BCUT2D eigenvalue weighted by atomic mass is 9.94. The van der Waals surface area contributed by atoms with Crippen LogP contribution < -0.4 is 0 Å². The molecule has 0 radical (unpaired) electrons. The molecule has 1 aliphatic rings. The number of rotatable bonds is 9. The maximum absolute atomic E-state index is 13.3. The van der Waals surface area contributed by atoms with E-state index in [2.05, 4.69) is 39.0 Å². The lowest BCUT2D eigenvalue weighted by Crippen LogP contribution is -2.41. The molecule has 0 spiro atoms. The van der Waals surface area contributed by atoms with Crippen LogP contribution in [0.2, 0.25) is 0 Å². The van der Waals surface area contributed by atoms with E-state index in [0.29, 0.717) is 30.5 Å². The molecule has 192 valence electrons. The molecular weight excluding hydrogens is 504 g/mol. The second-order valence-electron chi connectivity index (χ2n) is 9.27. The van der Waals surface area contributed by atoms with Crippen molar-refractivity contribution in [3.05, 3.63) is 126 Å². The second-order valence-corrected chi connectivity index (χ2v) is 10.3. The maximum atomic E-state index is 13.3.